The van der Waals surface area contributed by atoms with Gasteiger partial charge in [0.1, 0.15) is 5.75 Å². The molecule has 0 aliphatic carbocycles. The van der Waals surface area contributed by atoms with Crippen LogP contribution in [0, 0.1) is 6.92 Å². The second kappa shape index (κ2) is 19.3. The van der Waals surface area contributed by atoms with Crippen LogP contribution in [0.1, 0.15) is 33.2 Å². The van der Waals surface area contributed by atoms with Crippen molar-refractivity contribution in [1.82, 2.24) is 0 Å². The molecule has 0 spiro atoms. The second-order valence-electron chi connectivity index (χ2n) is 4.77. The largest absolute Gasteiger partial charge is 0.506 e. The molecule has 0 aliphatic rings. The van der Waals surface area contributed by atoms with Gasteiger partial charge in [0, 0.05) is 51.7 Å². The van der Waals surface area contributed by atoms with Crippen LogP contribution >= 0.6 is 138 Å². The van der Waals surface area contributed by atoms with E-state index in [2.05, 4.69) is 138 Å². The summed E-state index contributed by atoms with van der Waals surface area (Å²) in [7, 11) is 0. The van der Waals surface area contributed by atoms with Crippen molar-refractivity contribution < 1.29 is 33.1 Å². The third-order valence-corrected chi connectivity index (χ3v) is 5.81. The molecule has 0 radical (unpaired) electrons. The quantitative estimate of drug-likeness (QED) is 0.254. The van der Waals surface area contributed by atoms with E-state index >= 15 is 0 Å². The number of phenolic OH excluding ortho intramolecular Hbond substituents is 1. The van der Waals surface area contributed by atoms with E-state index in [4.69, 9.17) is 5.11 Å². The Labute approximate surface area is 256 Å². The predicted molar refractivity (Wildman–Crippen MR) is 163 cm³/mol. The van der Waals surface area contributed by atoms with Crippen LogP contribution in [0.2, 0.25) is 0 Å². The van der Waals surface area contributed by atoms with E-state index in [1.54, 1.807) is 6.92 Å². The summed E-state index contributed by atoms with van der Waals surface area (Å²) in [6.45, 7) is 3.54. The Balaban J connectivity index is 0. The molecule has 0 atom stereocenters. The van der Waals surface area contributed by atoms with Gasteiger partial charge in [-0.3, -0.25) is 4.79 Å². The molecule has 0 bridgehead atoms. The maximum Gasteiger partial charge on any atom is 0.335 e. The summed E-state index contributed by atoms with van der Waals surface area (Å²) >= 11 is 22.3. The number of aromatic hydroxyl groups is 1. The fraction of sp³-hybridized carbons (Fsp3) is 0.125. The number of hydrogen-bond acceptors (Lipinski definition) is 3. The number of carbonyl (C=O) groups excluding carboxylic acids is 1. The molecule has 0 aromatic heterocycles. The number of hydrogen-bond donors (Lipinski definition) is 2. The van der Waals surface area contributed by atoms with Gasteiger partial charge in [-0.15, -0.1) is 0 Å². The molecule has 164 valence electrons. The number of carboxylic acid groups (broad SMARTS) is 1. The van der Waals surface area contributed by atoms with Gasteiger partial charge in [0.25, 0.3) is 0 Å². The minimum Gasteiger partial charge on any atom is -0.506 e. The standard InChI is InChI=1S/C9H8Br2O.C7H4Br2O3.I3.I2/c1-5-8(10)3-7(6(2)12)4-9(5)11;8-4-1-3(7(11)12)2-5(9)6(4)10;1-3-2;1-2/h3-4H,1-2H3;1-2,10H,(H,11,12);;/q;;-1;. The van der Waals surface area contributed by atoms with Gasteiger partial charge in [-0.05, 0) is 75.5 Å². The van der Waals surface area contributed by atoms with Crippen LogP contribution < -0.4 is 13.3 Å². The van der Waals surface area contributed by atoms with Crippen molar-refractivity contribution in [2.75, 3.05) is 0 Å². The maximum absolute atomic E-state index is 11.0. The van der Waals surface area contributed by atoms with Crippen LogP contribution in [0.15, 0.2) is 42.2 Å². The van der Waals surface area contributed by atoms with Gasteiger partial charge in [0.2, 0.25) is 0 Å². The first-order valence-corrected chi connectivity index (χ1v) is 28.9. The van der Waals surface area contributed by atoms with Gasteiger partial charge in [-0.25, -0.2) is 4.79 Å². The van der Waals surface area contributed by atoms with Gasteiger partial charge >= 0.3 is 56.5 Å². The van der Waals surface area contributed by atoms with E-state index in [1.165, 1.54) is 12.1 Å². The zero-order valence-electron chi connectivity index (χ0n) is 14.4. The Morgan fingerprint density at radius 1 is 0.862 bits per heavy atom. The molecule has 29 heavy (non-hydrogen) atoms. The van der Waals surface area contributed by atoms with Crippen molar-refractivity contribution in [3.05, 3.63) is 58.8 Å². The summed E-state index contributed by atoms with van der Waals surface area (Å²) < 4.78 is 2.63. The molecule has 4 nitrogen and oxygen atoms in total. The molecule has 0 aliphatic heterocycles. The number of carbonyl (C=O) groups is 2. The van der Waals surface area contributed by atoms with Crippen molar-refractivity contribution in [3.63, 3.8) is 0 Å². The van der Waals surface area contributed by atoms with E-state index in [0.717, 1.165) is 20.1 Å². The van der Waals surface area contributed by atoms with Gasteiger partial charge in [-0.2, -0.15) is 0 Å². The molecule has 0 saturated heterocycles. The molecule has 2 rings (SSSR count). The van der Waals surface area contributed by atoms with Crippen molar-refractivity contribution >= 4 is 150 Å². The predicted octanol–water partition coefficient (Wildman–Crippen LogP) is 6.88. The van der Waals surface area contributed by atoms with Crippen LogP contribution in [0.25, 0.3) is 0 Å². The molecular weight excluding hydrogens is 1210 g/mol. The second-order valence-corrected chi connectivity index (χ2v) is 24.4. The van der Waals surface area contributed by atoms with E-state index in [9.17, 15) is 14.7 Å². The van der Waals surface area contributed by atoms with Gasteiger partial charge in [-0.1, -0.05) is 31.9 Å². The van der Waals surface area contributed by atoms with Crippen molar-refractivity contribution in [2.45, 2.75) is 13.8 Å². The van der Waals surface area contributed by atoms with Crippen molar-refractivity contribution in [2.24, 2.45) is 0 Å². The number of aromatic carboxylic acids is 1. The Morgan fingerprint density at radius 3 is 1.45 bits per heavy atom. The number of phenols is 1. The molecule has 0 fully saturated rings. The molecule has 2 aromatic carbocycles. The summed E-state index contributed by atoms with van der Waals surface area (Å²) in [5.41, 5.74) is 1.95. The number of ketones is 1. The zero-order valence-corrected chi connectivity index (χ0v) is 31.6. The molecule has 2 aromatic rings. The van der Waals surface area contributed by atoms with Crippen molar-refractivity contribution in [3.8, 4) is 5.75 Å². The monoisotopic (exact) mass is 1220 g/mol. The zero-order chi connectivity index (χ0) is 23.3. The Bertz CT molecular complexity index is 723. The summed E-state index contributed by atoms with van der Waals surface area (Å²) in [5, 5.41) is 17.8. The first-order chi connectivity index (χ1) is 13.5. The number of halogens is 9. The first kappa shape index (κ1) is 34.1. The van der Waals surface area contributed by atoms with E-state index in [1.807, 2.05) is 19.1 Å². The molecule has 0 amide bonds. The molecule has 2 N–H and O–H groups in total. The van der Waals surface area contributed by atoms with E-state index in [0.29, 0.717) is 22.2 Å². The van der Waals surface area contributed by atoms with Crippen molar-refractivity contribution in [1.29, 1.82) is 0 Å². The van der Waals surface area contributed by atoms with Gasteiger partial charge in [0.15, 0.2) is 5.78 Å². The SMILES string of the molecule is CC(=O)c1cc(Br)c(C)c(Br)c1.II.I[I-]I.O=C(O)c1cc(Br)c(O)c(Br)c1. The topological polar surface area (TPSA) is 74.6 Å². The minimum atomic E-state index is -1.03. The molecule has 0 unspecified atom stereocenters. The van der Waals surface area contributed by atoms with Gasteiger partial charge in [0.05, 0.1) is 14.5 Å². The fourth-order valence-corrected chi connectivity index (χ4v) is 3.91. The summed E-state index contributed by atoms with van der Waals surface area (Å²) in [4.78, 5) is 21.5. The number of rotatable bonds is 2. The Morgan fingerprint density at radius 2 is 1.17 bits per heavy atom. The normalized spacial score (nSPS) is 9.17. The van der Waals surface area contributed by atoms with Crippen LogP contribution in [-0.2, 0) is 0 Å². The average molecular weight is 1220 g/mol. The third kappa shape index (κ3) is 14.1. The fourth-order valence-electron chi connectivity index (χ4n) is 1.54. The minimum absolute atomic E-state index is 0.000000000000000222. The molecular formula is C16H12Br4I5O4-. The first-order valence-electron chi connectivity index (χ1n) is 6.85. The number of benzene rings is 2. The molecule has 0 heterocycles. The van der Waals surface area contributed by atoms with E-state index in [-0.39, 0.29) is 17.1 Å². The Hall–Kier alpha value is 2.95. The molecule has 13 heteroatoms. The number of Topliss-reactive ketones (excluding diaryl/α,β-unsaturated/α-hetero) is 1. The summed E-state index contributed by atoms with van der Waals surface area (Å²) in [6.07, 6.45) is 0. The Kier molecular flexibility index (Phi) is 22.7. The average Bonchev–Trinajstić information content (AvgIpc) is 2.66. The van der Waals surface area contributed by atoms with Gasteiger partial charge < -0.3 is 10.2 Å². The van der Waals surface area contributed by atoms with Crippen LogP contribution in [-0.4, -0.2) is 22.0 Å². The van der Waals surface area contributed by atoms with Crippen LogP contribution in [0.3, 0.4) is 0 Å². The van der Waals surface area contributed by atoms with Crippen LogP contribution in [0.5, 0.6) is 5.75 Å². The number of carboxylic acids is 1. The smallest absolute Gasteiger partial charge is 0.335 e. The maximum atomic E-state index is 11.0. The van der Waals surface area contributed by atoms with Crippen LogP contribution in [0.4, 0.5) is 0 Å². The van der Waals surface area contributed by atoms with E-state index < -0.39 is 5.97 Å². The summed E-state index contributed by atoms with van der Waals surface area (Å²) in [5.74, 6) is -0.951. The summed E-state index contributed by atoms with van der Waals surface area (Å²) in [6, 6.07) is 6.34. The molecule has 0 saturated carbocycles. The third-order valence-electron chi connectivity index (χ3n) is 2.95.